The molecule has 1 aliphatic heterocycles. The Morgan fingerprint density at radius 3 is 3.00 bits per heavy atom. The Kier molecular flexibility index (Phi) is 5.67. The summed E-state index contributed by atoms with van der Waals surface area (Å²) in [4.78, 5) is 23.6. The minimum atomic E-state index is -1.37. The lowest BCUT2D eigenvalue weighted by atomic mass is 9.72. The topological polar surface area (TPSA) is 165 Å². The first kappa shape index (κ1) is 18.8. The molecule has 1 aromatic carbocycles. The van der Waals surface area contributed by atoms with Crippen LogP contribution in [0.4, 0.5) is 0 Å². The van der Waals surface area contributed by atoms with Gasteiger partial charge in [0.05, 0.1) is 17.9 Å². The first-order valence-corrected chi connectivity index (χ1v) is 8.44. The largest absolute Gasteiger partial charge is 0.547 e. The molecule has 0 bridgehead atoms. The van der Waals surface area contributed by atoms with Crippen molar-refractivity contribution in [1.29, 1.82) is 0 Å². The summed E-state index contributed by atoms with van der Waals surface area (Å²) in [5, 5.41) is 33.3. The Labute approximate surface area is 154 Å². The number of nitrogens with zero attached hydrogens (tertiary/aromatic N) is 4. The van der Waals surface area contributed by atoms with E-state index in [0.717, 1.165) is 0 Å². The van der Waals surface area contributed by atoms with Crippen LogP contribution in [0.3, 0.4) is 0 Å². The normalized spacial score (nSPS) is 15.8. The summed E-state index contributed by atoms with van der Waals surface area (Å²) in [5.41, 5.74) is 6.03. The number of aromatic carboxylic acids is 1. The number of rotatable bonds is 7. The number of aromatic nitrogens is 4. The molecule has 27 heavy (non-hydrogen) atoms. The van der Waals surface area contributed by atoms with Gasteiger partial charge >= 0.3 is 13.1 Å². The molecule has 12 heteroatoms. The maximum atomic E-state index is 12.3. The molecule has 1 unspecified atom stereocenters. The number of amides is 1. The Morgan fingerprint density at radius 1 is 1.44 bits per heavy atom. The zero-order chi connectivity index (χ0) is 19.4. The van der Waals surface area contributed by atoms with Crippen molar-refractivity contribution in [3.05, 3.63) is 35.2 Å². The Bertz CT molecular complexity index is 844. The first-order valence-electron chi connectivity index (χ1n) is 8.44. The van der Waals surface area contributed by atoms with Crippen molar-refractivity contribution < 1.29 is 24.4 Å². The molecule has 1 aliphatic rings. The lowest BCUT2D eigenvalue weighted by Crippen LogP contribution is -2.53. The van der Waals surface area contributed by atoms with Gasteiger partial charge < -0.3 is 25.8 Å². The molecule has 0 aliphatic carbocycles. The van der Waals surface area contributed by atoms with E-state index in [-0.39, 0.29) is 30.1 Å². The van der Waals surface area contributed by atoms with Crippen molar-refractivity contribution in [3.8, 4) is 5.75 Å². The third-order valence-corrected chi connectivity index (χ3v) is 4.19. The molecule has 1 amide bonds. The van der Waals surface area contributed by atoms with E-state index < -0.39 is 19.0 Å². The number of nitrogens with one attached hydrogen (secondary N) is 1. The summed E-state index contributed by atoms with van der Waals surface area (Å²) in [7, 11) is -1.37. The quantitative estimate of drug-likeness (QED) is 0.418. The van der Waals surface area contributed by atoms with Gasteiger partial charge in [0.1, 0.15) is 5.75 Å². The van der Waals surface area contributed by atoms with E-state index in [1.165, 1.54) is 10.7 Å². The lowest BCUT2D eigenvalue weighted by Gasteiger charge is -2.28. The van der Waals surface area contributed by atoms with Crippen molar-refractivity contribution in [2.45, 2.75) is 31.7 Å². The highest BCUT2D eigenvalue weighted by Gasteiger charge is 2.37. The van der Waals surface area contributed by atoms with Crippen LogP contribution in [0.1, 0.15) is 28.2 Å². The predicted molar refractivity (Wildman–Crippen MR) is 92.8 cm³/mol. The monoisotopic (exact) mass is 374 g/mol. The molecule has 3 rings (SSSR count). The van der Waals surface area contributed by atoms with E-state index in [1.54, 1.807) is 12.1 Å². The minimum absolute atomic E-state index is 0.0320. The molecule has 0 fully saturated rings. The van der Waals surface area contributed by atoms with Crippen molar-refractivity contribution in [3.63, 3.8) is 0 Å². The van der Waals surface area contributed by atoms with E-state index in [4.69, 9.17) is 10.4 Å². The van der Waals surface area contributed by atoms with Gasteiger partial charge in [0.15, 0.2) is 5.82 Å². The van der Waals surface area contributed by atoms with Gasteiger partial charge in [0.25, 0.3) is 0 Å². The summed E-state index contributed by atoms with van der Waals surface area (Å²) in [6, 6.07) is 4.68. The van der Waals surface area contributed by atoms with Crippen LogP contribution in [0.25, 0.3) is 0 Å². The third-order valence-electron chi connectivity index (χ3n) is 4.19. The Balaban J connectivity index is 1.66. The molecule has 2 aromatic rings. The molecule has 1 aromatic heterocycles. The molecule has 0 saturated heterocycles. The van der Waals surface area contributed by atoms with Gasteiger partial charge in [-0.25, -0.2) is 9.48 Å². The first-order chi connectivity index (χ1) is 13.0. The summed E-state index contributed by atoms with van der Waals surface area (Å²) >= 11 is 0. The van der Waals surface area contributed by atoms with Crippen molar-refractivity contribution in [1.82, 2.24) is 25.5 Å². The molecule has 2 heterocycles. The van der Waals surface area contributed by atoms with Crippen LogP contribution in [0.5, 0.6) is 5.75 Å². The summed E-state index contributed by atoms with van der Waals surface area (Å²) in [6.07, 6.45) is 0.849. The number of carbonyl (C=O) groups is 2. The average molecular weight is 374 g/mol. The lowest BCUT2D eigenvalue weighted by molar-refractivity contribution is -0.121. The number of fused-ring (bicyclic) bond motifs is 1. The van der Waals surface area contributed by atoms with Gasteiger partial charge in [0, 0.05) is 6.54 Å². The molecule has 11 nitrogen and oxygen atoms in total. The molecule has 5 N–H and O–H groups in total. The molecular weight excluding hydrogens is 355 g/mol. The number of benzene rings is 1. The average Bonchev–Trinajstić information content (AvgIpc) is 3.06. The van der Waals surface area contributed by atoms with Crippen LogP contribution in [-0.2, 0) is 24.2 Å². The Hall–Kier alpha value is -2.99. The van der Waals surface area contributed by atoms with E-state index in [9.17, 15) is 19.7 Å². The highest BCUT2D eigenvalue weighted by Crippen LogP contribution is 2.30. The van der Waals surface area contributed by atoms with Gasteiger partial charge in [-0.1, -0.05) is 12.1 Å². The van der Waals surface area contributed by atoms with Crippen LogP contribution in [0, 0.1) is 0 Å². The van der Waals surface area contributed by atoms with Crippen LogP contribution < -0.4 is 15.7 Å². The standard InChI is InChI=1S/C15H19BN6O5/c17-5-2-6-22-12(19-20-21-22)8-13(23)18-11-7-9-3-1-4-10(15(24)25)14(9)27-16(11)26/h1,3-4,11,26H,2,5-8,17H2,(H,18,23)(H,24,25). The third kappa shape index (κ3) is 4.23. The van der Waals surface area contributed by atoms with Gasteiger partial charge in [-0.2, -0.15) is 0 Å². The SMILES string of the molecule is NCCCn1nnnc1CC(=O)NC1Cc2cccc(C(=O)O)c2OB1O. The molecule has 142 valence electrons. The zero-order valence-electron chi connectivity index (χ0n) is 14.4. The fraction of sp³-hybridized carbons (Fsp3) is 0.400. The van der Waals surface area contributed by atoms with Crippen molar-refractivity contribution in [2.75, 3.05) is 6.54 Å². The smallest absolute Gasteiger partial charge is 0.534 e. The van der Waals surface area contributed by atoms with Crippen molar-refractivity contribution >= 4 is 19.0 Å². The maximum absolute atomic E-state index is 12.3. The number of hydrogen-bond acceptors (Lipinski definition) is 8. The zero-order valence-corrected chi connectivity index (χ0v) is 14.4. The number of nitrogens with two attached hydrogens (primary N) is 1. The second kappa shape index (κ2) is 8.14. The number of carboxylic acids is 1. The van der Waals surface area contributed by atoms with E-state index >= 15 is 0 Å². The predicted octanol–water partition coefficient (Wildman–Crippen LogP) is -1.60. The number of carbonyl (C=O) groups excluding carboxylic acids is 1. The van der Waals surface area contributed by atoms with Gasteiger partial charge in [-0.05, 0) is 41.4 Å². The number of carboxylic acid groups (broad SMARTS) is 1. The summed E-state index contributed by atoms with van der Waals surface area (Å²) < 4.78 is 6.86. The van der Waals surface area contributed by atoms with Crippen molar-refractivity contribution in [2.24, 2.45) is 5.73 Å². The van der Waals surface area contributed by atoms with Crippen LogP contribution in [0.2, 0.25) is 0 Å². The minimum Gasteiger partial charge on any atom is -0.534 e. The second-order valence-corrected chi connectivity index (χ2v) is 6.12. The fourth-order valence-electron chi connectivity index (χ4n) is 2.88. The van der Waals surface area contributed by atoms with Gasteiger partial charge in [0.2, 0.25) is 5.91 Å². The highest BCUT2D eigenvalue weighted by molar-refractivity contribution is 6.47. The van der Waals surface area contributed by atoms with E-state index in [2.05, 4.69) is 20.8 Å². The molecule has 1 atom stereocenters. The van der Waals surface area contributed by atoms with E-state index in [1.807, 2.05) is 0 Å². The highest BCUT2D eigenvalue weighted by atomic mass is 16.5. The summed E-state index contributed by atoms with van der Waals surface area (Å²) in [5.74, 6) is -1.74. The number of tetrazole rings is 1. The summed E-state index contributed by atoms with van der Waals surface area (Å²) in [6.45, 7) is 0.988. The maximum Gasteiger partial charge on any atom is 0.547 e. The molecular formula is C15H19BN6O5. The van der Waals surface area contributed by atoms with Crippen LogP contribution in [0.15, 0.2) is 18.2 Å². The van der Waals surface area contributed by atoms with E-state index in [0.29, 0.717) is 30.9 Å². The van der Waals surface area contributed by atoms with Gasteiger partial charge in [-0.3, -0.25) is 4.79 Å². The molecule has 0 radical (unpaired) electrons. The molecule has 0 saturated carbocycles. The number of hydrogen-bond donors (Lipinski definition) is 4. The molecule has 0 spiro atoms. The van der Waals surface area contributed by atoms with Crippen LogP contribution >= 0.6 is 0 Å². The van der Waals surface area contributed by atoms with Crippen LogP contribution in [-0.4, -0.2) is 61.8 Å². The Morgan fingerprint density at radius 2 is 2.26 bits per heavy atom. The second-order valence-electron chi connectivity index (χ2n) is 6.12. The number of aryl methyl sites for hydroxylation is 1. The van der Waals surface area contributed by atoms with Gasteiger partial charge in [-0.15, -0.1) is 5.10 Å². The number of para-hydroxylation sites is 1. The fourth-order valence-corrected chi connectivity index (χ4v) is 2.88.